The number of benzene rings is 2. The number of rotatable bonds is 4. The number of carbonyl (C=O) groups is 2. The normalized spacial score (nSPS) is 16.2. The van der Waals surface area contributed by atoms with Crippen LogP contribution >= 0.6 is 11.8 Å². The fourth-order valence-electron chi connectivity index (χ4n) is 2.07. The summed E-state index contributed by atoms with van der Waals surface area (Å²) in [5.41, 5.74) is 1.50. The van der Waals surface area contributed by atoms with Gasteiger partial charge in [0.25, 0.3) is 11.1 Å². The third-order valence-corrected chi connectivity index (χ3v) is 4.16. The molecule has 23 heavy (non-hydrogen) atoms. The van der Waals surface area contributed by atoms with E-state index in [4.69, 9.17) is 0 Å². The number of hydrogen-bond donors (Lipinski definition) is 1. The Kier molecular flexibility index (Phi) is 4.43. The molecular formula is C17H13FN2O2S. The Morgan fingerprint density at radius 2 is 1.74 bits per heavy atom. The molecule has 1 saturated heterocycles. The number of anilines is 1. The molecule has 0 atom stereocenters. The van der Waals surface area contributed by atoms with Gasteiger partial charge in [-0.3, -0.25) is 14.5 Å². The van der Waals surface area contributed by atoms with Gasteiger partial charge in [0.2, 0.25) is 0 Å². The lowest BCUT2D eigenvalue weighted by atomic mass is 10.2. The maximum Gasteiger partial charge on any atom is 0.295 e. The molecule has 0 aromatic heterocycles. The number of nitrogens with one attached hydrogen (secondary N) is 1. The number of para-hydroxylation sites is 1. The van der Waals surface area contributed by atoms with Crippen molar-refractivity contribution in [3.8, 4) is 0 Å². The van der Waals surface area contributed by atoms with Gasteiger partial charge in [-0.05, 0) is 47.7 Å². The van der Waals surface area contributed by atoms with Crippen LogP contribution in [0.15, 0.2) is 59.5 Å². The quantitative estimate of drug-likeness (QED) is 0.864. The van der Waals surface area contributed by atoms with Gasteiger partial charge in [-0.15, -0.1) is 0 Å². The van der Waals surface area contributed by atoms with E-state index in [0.29, 0.717) is 10.5 Å². The first-order chi connectivity index (χ1) is 11.1. The lowest BCUT2D eigenvalue weighted by Crippen LogP contribution is -2.33. The van der Waals surface area contributed by atoms with E-state index in [1.807, 2.05) is 30.3 Å². The Bertz CT molecular complexity index is 760. The summed E-state index contributed by atoms with van der Waals surface area (Å²) in [5, 5.41) is 2.71. The van der Waals surface area contributed by atoms with E-state index in [1.165, 1.54) is 12.1 Å². The second-order valence-electron chi connectivity index (χ2n) is 4.86. The number of carbonyl (C=O) groups excluding carboxylic acids is 2. The highest BCUT2D eigenvalue weighted by Gasteiger charge is 2.34. The highest BCUT2D eigenvalue weighted by molar-refractivity contribution is 8.18. The SMILES string of the molecule is O=C1SC(=Cc2ccc(F)cc2)C(=O)N1CNc1ccccc1. The van der Waals surface area contributed by atoms with Crippen molar-refractivity contribution in [3.63, 3.8) is 0 Å². The van der Waals surface area contributed by atoms with Gasteiger partial charge in [0.1, 0.15) is 5.82 Å². The van der Waals surface area contributed by atoms with Crippen molar-refractivity contribution in [2.45, 2.75) is 0 Å². The van der Waals surface area contributed by atoms with Gasteiger partial charge in [0.05, 0.1) is 11.6 Å². The fraction of sp³-hybridized carbons (Fsp3) is 0.0588. The van der Waals surface area contributed by atoms with E-state index in [0.717, 1.165) is 22.3 Å². The Morgan fingerprint density at radius 1 is 1.04 bits per heavy atom. The van der Waals surface area contributed by atoms with Crippen molar-refractivity contribution in [2.24, 2.45) is 0 Å². The summed E-state index contributed by atoms with van der Waals surface area (Å²) in [7, 11) is 0. The molecule has 1 aliphatic heterocycles. The van der Waals surface area contributed by atoms with Gasteiger partial charge in [-0.2, -0.15) is 0 Å². The summed E-state index contributed by atoms with van der Waals surface area (Å²) >= 11 is 0.881. The Hall–Kier alpha value is -2.60. The summed E-state index contributed by atoms with van der Waals surface area (Å²) in [5.74, 6) is -0.699. The molecule has 1 fully saturated rings. The molecule has 0 bridgehead atoms. The first-order valence-corrected chi connectivity index (χ1v) is 7.75. The third kappa shape index (κ3) is 3.60. The fourth-order valence-corrected chi connectivity index (χ4v) is 2.91. The van der Waals surface area contributed by atoms with E-state index in [9.17, 15) is 14.0 Å². The van der Waals surface area contributed by atoms with Crippen LogP contribution < -0.4 is 5.32 Å². The molecule has 2 aromatic rings. The van der Waals surface area contributed by atoms with E-state index in [2.05, 4.69) is 5.32 Å². The number of imide groups is 1. The van der Waals surface area contributed by atoms with E-state index in [-0.39, 0.29) is 23.6 Å². The zero-order valence-electron chi connectivity index (χ0n) is 12.0. The molecule has 116 valence electrons. The van der Waals surface area contributed by atoms with Crippen LogP contribution in [0.2, 0.25) is 0 Å². The lowest BCUT2D eigenvalue weighted by molar-refractivity contribution is -0.122. The summed E-state index contributed by atoms with van der Waals surface area (Å²) in [4.78, 5) is 25.8. The number of hydrogen-bond acceptors (Lipinski definition) is 4. The van der Waals surface area contributed by atoms with Crippen molar-refractivity contribution < 1.29 is 14.0 Å². The maximum absolute atomic E-state index is 12.9. The topological polar surface area (TPSA) is 49.4 Å². The predicted octanol–water partition coefficient (Wildman–Crippen LogP) is 3.93. The largest absolute Gasteiger partial charge is 0.367 e. The molecule has 0 aliphatic carbocycles. The van der Waals surface area contributed by atoms with Crippen LogP contribution in [0.25, 0.3) is 6.08 Å². The van der Waals surface area contributed by atoms with Crippen LogP contribution in [0.4, 0.5) is 14.9 Å². The van der Waals surface area contributed by atoms with Gasteiger partial charge >= 0.3 is 0 Å². The monoisotopic (exact) mass is 328 g/mol. The second kappa shape index (κ2) is 6.66. The van der Waals surface area contributed by atoms with Gasteiger partial charge < -0.3 is 5.32 Å². The van der Waals surface area contributed by atoms with Crippen molar-refractivity contribution in [1.29, 1.82) is 0 Å². The van der Waals surface area contributed by atoms with Gasteiger partial charge in [-0.1, -0.05) is 30.3 Å². The van der Waals surface area contributed by atoms with Crippen LogP contribution in [-0.2, 0) is 4.79 Å². The van der Waals surface area contributed by atoms with Gasteiger partial charge in [0.15, 0.2) is 0 Å². The third-order valence-electron chi connectivity index (χ3n) is 3.26. The Labute approximate surface area is 137 Å². The average Bonchev–Trinajstić information content (AvgIpc) is 2.82. The van der Waals surface area contributed by atoms with Gasteiger partial charge in [-0.25, -0.2) is 4.39 Å². The minimum absolute atomic E-state index is 0.107. The lowest BCUT2D eigenvalue weighted by Gasteiger charge is -2.14. The second-order valence-corrected chi connectivity index (χ2v) is 5.86. The number of amides is 2. The molecule has 1 heterocycles. The van der Waals surface area contributed by atoms with Crippen LogP contribution in [0.1, 0.15) is 5.56 Å². The first-order valence-electron chi connectivity index (χ1n) is 6.93. The van der Waals surface area contributed by atoms with Crippen LogP contribution in [0.3, 0.4) is 0 Å². The Balaban J connectivity index is 1.71. The van der Waals surface area contributed by atoms with Crippen LogP contribution in [-0.4, -0.2) is 22.7 Å². The highest BCUT2D eigenvalue weighted by atomic mass is 32.2. The van der Waals surface area contributed by atoms with E-state index in [1.54, 1.807) is 18.2 Å². The van der Waals surface area contributed by atoms with Crippen molar-refractivity contribution in [3.05, 3.63) is 70.9 Å². The zero-order chi connectivity index (χ0) is 16.2. The zero-order valence-corrected chi connectivity index (χ0v) is 12.8. The summed E-state index contributed by atoms with van der Waals surface area (Å²) < 4.78 is 12.9. The first kappa shape index (κ1) is 15.3. The average molecular weight is 328 g/mol. The predicted molar refractivity (Wildman–Crippen MR) is 89.1 cm³/mol. The minimum Gasteiger partial charge on any atom is -0.367 e. The molecule has 1 N–H and O–H groups in total. The van der Waals surface area contributed by atoms with Crippen molar-refractivity contribution in [1.82, 2.24) is 4.90 Å². The molecule has 2 aromatic carbocycles. The van der Waals surface area contributed by atoms with Gasteiger partial charge in [0, 0.05) is 5.69 Å². The molecule has 1 aliphatic rings. The van der Waals surface area contributed by atoms with Crippen LogP contribution in [0, 0.1) is 5.82 Å². The number of halogens is 1. The molecule has 0 radical (unpaired) electrons. The molecule has 4 nitrogen and oxygen atoms in total. The Morgan fingerprint density at radius 3 is 2.43 bits per heavy atom. The molecule has 0 unspecified atom stereocenters. The number of thioether (sulfide) groups is 1. The summed E-state index contributed by atoms with van der Waals surface area (Å²) in [6.45, 7) is 0.107. The smallest absolute Gasteiger partial charge is 0.295 e. The van der Waals surface area contributed by atoms with Crippen LogP contribution in [0.5, 0.6) is 0 Å². The van der Waals surface area contributed by atoms with E-state index < -0.39 is 0 Å². The maximum atomic E-state index is 12.9. The van der Waals surface area contributed by atoms with Crippen molar-refractivity contribution in [2.75, 3.05) is 12.0 Å². The number of nitrogens with zero attached hydrogens (tertiary/aromatic N) is 1. The molecule has 6 heteroatoms. The van der Waals surface area contributed by atoms with E-state index >= 15 is 0 Å². The molecule has 0 saturated carbocycles. The highest BCUT2D eigenvalue weighted by Crippen LogP contribution is 2.32. The summed E-state index contributed by atoms with van der Waals surface area (Å²) in [6.07, 6.45) is 1.59. The molecular weight excluding hydrogens is 315 g/mol. The molecule has 0 spiro atoms. The minimum atomic E-state index is -0.354. The van der Waals surface area contributed by atoms with Crippen molar-refractivity contribution >= 4 is 34.7 Å². The summed E-state index contributed by atoms with van der Waals surface area (Å²) in [6, 6.07) is 15.1. The molecule has 2 amide bonds. The molecule has 3 rings (SSSR count). The standard InChI is InChI=1S/C17H13FN2O2S/c18-13-8-6-12(7-9-13)10-15-16(21)20(17(22)23-15)11-19-14-4-2-1-3-5-14/h1-10,19H,11H2.